The van der Waals surface area contributed by atoms with Crippen LogP contribution in [0.25, 0.3) is 0 Å². The fourth-order valence-electron chi connectivity index (χ4n) is 1.70. The normalized spacial score (nSPS) is 12.5. The third-order valence-corrected chi connectivity index (χ3v) is 3.57. The topological polar surface area (TPSA) is 20.2 Å². The number of hydrogen-bond donors (Lipinski definition) is 1. The summed E-state index contributed by atoms with van der Waals surface area (Å²) in [5, 5.41) is 10.1. The molecule has 0 saturated carbocycles. The van der Waals surface area contributed by atoms with Crippen LogP contribution in [0.1, 0.15) is 22.8 Å². The van der Waals surface area contributed by atoms with Gasteiger partial charge in [0.05, 0.1) is 0 Å². The highest BCUT2D eigenvalue weighted by molar-refractivity contribution is 9.10. The zero-order valence-corrected chi connectivity index (χ0v) is 11.2. The molecule has 0 heterocycles. The quantitative estimate of drug-likeness (QED) is 0.884. The lowest BCUT2D eigenvalue weighted by molar-refractivity contribution is 0.219. The first-order valence-corrected chi connectivity index (χ1v) is 6.17. The van der Waals surface area contributed by atoms with Crippen LogP contribution in [0.15, 0.2) is 40.9 Å². The second-order valence-electron chi connectivity index (χ2n) is 4.11. The molecule has 1 nitrogen and oxygen atoms in total. The first-order valence-electron chi connectivity index (χ1n) is 5.37. The van der Waals surface area contributed by atoms with Crippen LogP contribution in [-0.2, 0) is 0 Å². The van der Waals surface area contributed by atoms with E-state index in [1.54, 1.807) is 12.1 Å². The van der Waals surface area contributed by atoms with Gasteiger partial charge in [0.1, 0.15) is 17.7 Å². The lowest BCUT2D eigenvalue weighted by atomic mass is 10.0. The van der Waals surface area contributed by atoms with Gasteiger partial charge in [-0.3, -0.25) is 0 Å². The van der Waals surface area contributed by atoms with E-state index < -0.39 is 17.7 Å². The van der Waals surface area contributed by atoms with Gasteiger partial charge in [-0.1, -0.05) is 28.1 Å². The van der Waals surface area contributed by atoms with Gasteiger partial charge in [-0.2, -0.15) is 0 Å². The average Bonchev–Trinajstić information content (AvgIpc) is 2.30. The molecule has 0 amide bonds. The smallest absolute Gasteiger partial charge is 0.126 e. The Morgan fingerprint density at radius 1 is 1.00 bits per heavy atom. The van der Waals surface area contributed by atoms with Gasteiger partial charge in [-0.05, 0) is 41.8 Å². The van der Waals surface area contributed by atoms with Gasteiger partial charge in [-0.15, -0.1) is 0 Å². The molecule has 4 heteroatoms. The SMILES string of the molecule is Cc1ccc(C(O)c2cc(F)cc(F)c2)cc1Br. The van der Waals surface area contributed by atoms with E-state index in [-0.39, 0.29) is 5.56 Å². The summed E-state index contributed by atoms with van der Waals surface area (Å²) in [6.45, 7) is 1.92. The van der Waals surface area contributed by atoms with Crippen LogP contribution in [0.4, 0.5) is 8.78 Å². The predicted molar refractivity (Wildman–Crippen MR) is 69.3 cm³/mol. The Balaban J connectivity index is 2.40. The van der Waals surface area contributed by atoms with Crippen LogP contribution in [0.2, 0.25) is 0 Å². The van der Waals surface area contributed by atoms with Crippen molar-refractivity contribution in [3.8, 4) is 0 Å². The molecule has 2 aromatic rings. The Bertz CT molecular complexity index is 564. The molecule has 18 heavy (non-hydrogen) atoms. The zero-order valence-electron chi connectivity index (χ0n) is 9.62. The molecular formula is C14H11BrF2O. The number of halogens is 3. The molecule has 0 spiro atoms. The molecule has 2 rings (SSSR count). The summed E-state index contributed by atoms with van der Waals surface area (Å²) >= 11 is 3.36. The lowest BCUT2D eigenvalue weighted by Crippen LogP contribution is -2.01. The van der Waals surface area contributed by atoms with Gasteiger partial charge >= 0.3 is 0 Å². The van der Waals surface area contributed by atoms with E-state index in [1.165, 1.54) is 0 Å². The third-order valence-electron chi connectivity index (χ3n) is 2.71. The molecule has 1 N–H and O–H groups in total. The van der Waals surface area contributed by atoms with E-state index in [1.807, 2.05) is 13.0 Å². The summed E-state index contributed by atoms with van der Waals surface area (Å²) in [6, 6.07) is 8.33. The van der Waals surface area contributed by atoms with Crippen molar-refractivity contribution in [3.05, 3.63) is 69.2 Å². The van der Waals surface area contributed by atoms with Gasteiger partial charge in [-0.25, -0.2) is 8.78 Å². The van der Waals surface area contributed by atoms with Crippen molar-refractivity contribution >= 4 is 15.9 Å². The second-order valence-corrected chi connectivity index (χ2v) is 4.97. The Morgan fingerprint density at radius 2 is 1.61 bits per heavy atom. The molecular weight excluding hydrogens is 302 g/mol. The monoisotopic (exact) mass is 312 g/mol. The average molecular weight is 313 g/mol. The van der Waals surface area contributed by atoms with E-state index in [2.05, 4.69) is 15.9 Å². The van der Waals surface area contributed by atoms with E-state index in [0.717, 1.165) is 28.2 Å². The maximum Gasteiger partial charge on any atom is 0.126 e. The van der Waals surface area contributed by atoms with Crippen LogP contribution >= 0.6 is 15.9 Å². The molecule has 2 aromatic carbocycles. The lowest BCUT2D eigenvalue weighted by Gasteiger charge is -2.13. The van der Waals surface area contributed by atoms with Gasteiger partial charge in [0, 0.05) is 10.5 Å². The van der Waals surface area contributed by atoms with Crippen molar-refractivity contribution in [2.24, 2.45) is 0 Å². The molecule has 0 radical (unpaired) electrons. The molecule has 0 saturated heterocycles. The number of rotatable bonds is 2. The van der Waals surface area contributed by atoms with Crippen LogP contribution in [-0.4, -0.2) is 5.11 Å². The summed E-state index contributed by atoms with van der Waals surface area (Å²) < 4.78 is 27.0. The third kappa shape index (κ3) is 2.76. The van der Waals surface area contributed by atoms with E-state index >= 15 is 0 Å². The van der Waals surface area contributed by atoms with Crippen LogP contribution < -0.4 is 0 Å². The van der Waals surface area contributed by atoms with Crippen molar-refractivity contribution in [3.63, 3.8) is 0 Å². The molecule has 0 aliphatic rings. The highest BCUT2D eigenvalue weighted by Crippen LogP contribution is 2.27. The van der Waals surface area contributed by atoms with Crippen molar-refractivity contribution < 1.29 is 13.9 Å². The van der Waals surface area contributed by atoms with Crippen molar-refractivity contribution in [2.45, 2.75) is 13.0 Å². The number of benzene rings is 2. The maximum atomic E-state index is 13.1. The van der Waals surface area contributed by atoms with Crippen LogP contribution in [0.3, 0.4) is 0 Å². The number of aryl methyl sites for hydroxylation is 1. The minimum atomic E-state index is -1.05. The summed E-state index contributed by atoms with van der Waals surface area (Å²) in [5.41, 5.74) is 1.80. The van der Waals surface area contributed by atoms with Crippen LogP contribution in [0.5, 0.6) is 0 Å². The van der Waals surface area contributed by atoms with E-state index in [0.29, 0.717) is 5.56 Å². The Kier molecular flexibility index (Phi) is 3.78. The van der Waals surface area contributed by atoms with E-state index in [9.17, 15) is 13.9 Å². The minimum Gasteiger partial charge on any atom is -0.384 e. The standard InChI is InChI=1S/C14H11BrF2O/c1-8-2-3-9(6-13(8)15)14(18)10-4-11(16)7-12(17)5-10/h2-7,14,18H,1H3. The number of aliphatic hydroxyl groups excluding tert-OH is 1. The molecule has 0 aliphatic carbocycles. The Hall–Kier alpha value is -1.26. The first kappa shape index (κ1) is 13.2. The maximum absolute atomic E-state index is 13.1. The molecule has 94 valence electrons. The van der Waals surface area contributed by atoms with Crippen molar-refractivity contribution in [1.82, 2.24) is 0 Å². The molecule has 1 unspecified atom stereocenters. The summed E-state index contributed by atoms with van der Waals surface area (Å²) in [6.07, 6.45) is -1.05. The second kappa shape index (κ2) is 5.16. The summed E-state index contributed by atoms with van der Waals surface area (Å²) in [5.74, 6) is -1.40. The number of hydrogen-bond acceptors (Lipinski definition) is 1. The molecule has 0 aliphatic heterocycles. The Labute approximate surface area is 112 Å². The highest BCUT2D eigenvalue weighted by Gasteiger charge is 2.13. The van der Waals surface area contributed by atoms with Gasteiger partial charge in [0.2, 0.25) is 0 Å². The fraction of sp³-hybridized carbons (Fsp3) is 0.143. The molecule has 1 atom stereocenters. The number of aliphatic hydroxyl groups is 1. The van der Waals surface area contributed by atoms with Gasteiger partial charge in [0.25, 0.3) is 0 Å². The Morgan fingerprint density at radius 3 is 2.17 bits per heavy atom. The molecule has 0 aromatic heterocycles. The first-order chi connectivity index (χ1) is 8.47. The van der Waals surface area contributed by atoms with Crippen molar-refractivity contribution in [2.75, 3.05) is 0 Å². The van der Waals surface area contributed by atoms with Crippen LogP contribution in [0, 0.1) is 18.6 Å². The van der Waals surface area contributed by atoms with Gasteiger partial charge in [0.15, 0.2) is 0 Å². The summed E-state index contributed by atoms with van der Waals surface area (Å²) in [7, 11) is 0. The predicted octanol–water partition coefficient (Wildman–Crippen LogP) is 4.12. The minimum absolute atomic E-state index is 0.197. The molecule has 0 bridgehead atoms. The molecule has 0 fully saturated rings. The zero-order chi connectivity index (χ0) is 13.3. The van der Waals surface area contributed by atoms with Gasteiger partial charge < -0.3 is 5.11 Å². The fourth-order valence-corrected chi connectivity index (χ4v) is 2.10. The van der Waals surface area contributed by atoms with Crippen molar-refractivity contribution in [1.29, 1.82) is 0 Å². The highest BCUT2D eigenvalue weighted by atomic mass is 79.9. The van der Waals surface area contributed by atoms with E-state index in [4.69, 9.17) is 0 Å². The summed E-state index contributed by atoms with van der Waals surface area (Å²) in [4.78, 5) is 0. The largest absolute Gasteiger partial charge is 0.384 e.